The quantitative estimate of drug-likeness (QED) is 0.713. The van der Waals surface area contributed by atoms with E-state index >= 15 is 0 Å². The zero-order valence-corrected chi connectivity index (χ0v) is 13.8. The first-order valence-corrected chi connectivity index (χ1v) is 7.72. The summed E-state index contributed by atoms with van der Waals surface area (Å²) in [5.41, 5.74) is 0. The van der Waals surface area contributed by atoms with Crippen molar-refractivity contribution < 1.29 is 9.53 Å². The molecule has 0 saturated heterocycles. The third-order valence-electron chi connectivity index (χ3n) is 3.05. The number of hydrogen-bond donors (Lipinski definition) is 1. The molecule has 4 nitrogen and oxygen atoms in total. The van der Waals surface area contributed by atoms with Crippen LogP contribution in [-0.2, 0) is 4.79 Å². The van der Waals surface area contributed by atoms with Gasteiger partial charge in [-0.3, -0.25) is 4.79 Å². The third-order valence-corrected chi connectivity index (χ3v) is 3.31. The molecule has 0 radical (unpaired) electrons. The van der Waals surface area contributed by atoms with Crippen LogP contribution in [0.2, 0.25) is 5.02 Å². The number of carbonyl (C=O) groups excluding carboxylic acids is 1. The highest BCUT2D eigenvalue weighted by atomic mass is 35.5. The summed E-state index contributed by atoms with van der Waals surface area (Å²) in [5, 5.41) is 3.99. The average Bonchev–Trinajstić information content (AvgIpc) is 2.45. The molecule has 0 bridgehead atoms. The Bertz CT molecular complexity index is 421. The second-order valence-corrected chi connectivity index (χ2v) is 5.77. The molecule has 1 aromatic rings. The van der Waals surface area contributed by atoms with Gasteiger partial charge >= 0.3 is 0 Å². The minimum atomic E-state index is 0.153. The maximum atomic E-state index is 11.9. The van der Waals surface area contributed by atoms with Gasteiger partial charge in [0.1, 0.15) is 12.4 Å². The summed E-state index contributed by atoms with van der Waals surface area (Å²) in [4.78, 5) is 13.6. The van der Waals surface area contributed by atoms with Gasteiger partial charge in [0.2, 0.25) is 5.91 Å². The van der Waals surface area contributed by atoms with Crippen molar-refractivity contribution in [2.45, 2.75) is 32.7 Å². The summed E-state index contributed by atoms with van der Waals surface area (Å²) < 4.78 is 5.57. The van der Waals surface area contributed by atoms with Crippen molar-refractivity contribution in [2.75, 3.05) is 26.7 Å². The number of hydrogen-bond acceptors (Lipinski definition) is 3. The monoisotopic (exact) mass is 312 g/mol. The van der Waals surface area contributed by atoms with E-state index < -0.39 is 0 Å². The molecule has 1 aromatic carbocycles. The van der Waals surface area contributed by atoms with Crippen LogP contribution >= 0.6 is 11.6 Å². The van der Waals surface area contributed by atoms with Gasteiger partial charge in [-0.25, -0.2) is 0 Å². The molecule has 0 saturated carbocycles. The van der Waals surface area contributed by atoms with Gasteiger partial charge in [0.25, 0.3) is 0 Å². The standard InChI is InChI=1S/C16H25ClN2O2/c1-13(2)18-10-4-5-16(20)19(3)11-12-21-15-8-6-14(17)7-9-15/h6-9,13,18H,4-5,10-12H2,1-3H3. The number of benzene rings is 1. The summed E-state index contributed by atoms with van der Waals surface area (Å²) in [6.07, 6.45) is 1.43. The first-order valence-electron chi connectivity index (χ1n) is 7.34. The van der Waals surface area contributed by atoms with Gasteiger partial charge in [-0.15, -0.1) is 0 Å². The molecule has 0 aliphatic rings. The highest BCUT2D eigenvalue weighted by Gasteiger charge is 2.08. The van der Waals surface area contributed by atoms with E-state index in [-0.39, 0.29) is 5.91 Å². The van der Waals surface area contributed by atoms with Gasteiger partial charge in [0.05, 0.1) is 6.54 Å². The fraction of sp³-hybridized carbons (Fsp3) is 0.562. The highest BCUT2D eigenvalue weighted by molar-refractivity contribution is 6.30. The summed E-state index contributed by atoms with van der Waals surface area (Å²) in [6, 6.07) is 7.68. The Morgan fingerprint density at radius 1 is 1.33 bits per heavy atom. The zero-order chi connectivity index (χ0) is 15.7. The van der Waals surface area contributed by atoms with Crippen LogP contribution in [0.25, 0.3) is 0 Å². The fourth-order valence-corrected chi connectivity index (χ4v) is 1.90. The third kappa shape index (κ3) is 7.93. The molecule has 118 valence electrons. The second kappa shape index (κ2) is 9.64. The Morgan fingerprint density at radius 3 is 2.62 bits per heavy atom. The van der Waals surface area contributed by atoms with Crippen molar-refractivity contribution in [3.63, 3.8) is 0 Å². The highest BCUT2D eigenvalue weighted by Crippen LogP contribution is 2.15. The summed E-state index contributed by atoms with van der Waals surface area (Å²) in [6.45, 7) is 6.13. The average molecular weight is 313 g/mol. The smallest absolute Gasteiger partial charge is 0.222 e. The zero-order valence-electron chi connectivity index (χ0n) is 13.1. The second-order valence-electron chi connectivity index (χ2n) is 5.33. The molecule has 0 fully saturated rings. The van der Waals surface area contributed by atoms with Crippen molar-refractivity contribution in [1.29, 1.82) is 0 Å². The lowest BCUT2D eigenvalue weighted by Gasteiger charge is -2.18. The van der Waals surface area contributed by atoms with Crippen LogP contribution in [0.3, 0.4) is 0 Å². The Kier molecular flexibility index (Phi) is 8.16. The molecule has 5 heteroatoms. The molecule has 1 amide bonds. The van der Waals surface area contributed by atoms with Crippen LogP contribution in [0, 0.1) is 0 Å². The van der Waals surface area contributed by atoms with E-state index in [0.717, 1.165) is 18.7 Å². The maximum absolute atomic E-state index is 11.9. The van der Waals surface area contributed by atoms with E-state index in [1.54, 1.807) is 17.0 Å². The first kappa shape index (κ1) is 17.8. The predicted octanol–water partition coefficient (Wildman–Crippen LogP) is 2.96. The molecule has 1 N–H and O–H groups in total. The van der Waals surface area contributed by atoms with Crippen molar-refractivity contribution in [3.8, 4) is 5.75 Å². The van der Waals surface area contributed by atoms with Crippen molar-refractivity contribution in [3.05, 3.63) is 29.3 Å². The van der Waals surface area contributed by atoms with Gasteiger partial charge in [0.15, 0.2) is 0 Å². The SMILES string of the molecule is CC(C)NCCCC(=O)N(C)CCOc1ccc(Cl)cc1. The van der Waals surface area contributed by atoms with E-state index in [4.69, 9.17) is 16.3 Å². The summed E-state index contributed by atoms with van der Waals surface area (Å²) in [7, 11) is 1.81. The van der Waals surface area contributed by atoms with Gasteiger partial charge < -0.3 is 15.0 Å². The number of rotatable bonds is 9. The lowest BCUT2D eigenvalue weighted by molar-refractivity contribution is -0.130. The largest absolute Gasteiger partial charge is 0.492 e. The minimum absolute atomic E-state index is 0.153. The first-order chi connectivity index (χ1) is 9.99. The summed E-state index contributed by atoms with van der Waals surface area (Å²) in [5.74, 6) is 0.918. The Balaban J connectivity index is 2.16. The molecular formula is C16H25ClN2O2. The normalized spacial score (nSPS) is 10.7. The maximum Gasteiger partial charge on any atom is 0.222 e. The van der Waals surface area contributed by atoms with Gasteiger partial charge in [-0.1, -0.05) is 25.4 Å². The van der Waals surface area contributed by atoms with Crippen molar-refractivity contribution >= 4 is 17.5 Å². The molecule has 0 aromatic heterocycles. The lowest BCUT2D eigenvalue weighted by Crippen LogP contribution is -2.31. The number of carbonyl (C=O) groups is 1. The predicted molar refractivity (Wildman–Crippen MR) is 87.0 cm³/mol. The molecule has 0 aliphatic heterocycles. The topological polar surface area (TPSA) is 41.6 Å². The molecule has 21 heavy (non-hydrogen) atoms. The van der Waals surface area contributed by atoms with Gasteiger partial charge in [-0.05, 0) is 37.2 Å². The lowest BCUT2D eigenvalue weighted by atomic mass is 10.2. The van der Waals surface area contributed by atoms with E-state index in [9.17, 15) is 4.79 Å². The van der Waals surface area contributed by atoms with Crippen LogP contribution in [0.1, 0.15) is 26.7 Å². The molecule has 1 rings (SSSR count). The Morgan fingerprint density at radius 2 is 2.00 bits per heavy atom. The number of amides is 1. The Hall–Kier alpha value is -1.26. The van der Waals surface area contributed by atoms with Crippen LogP contribution in [0.4, 0.5) is 0 Å². The van der Waals surface area contributed by atoms with Crippen LogP contribution in [0.5, 0.6) is 5.75 Å². The van der Waals surface area contributed by atoms with Crippen LogP contribution in [-0.4, -0.2) is 43.6 Å². The molecular weight excluding hydrogens is 288 g/mol. The molecule has 0 atom stereocenters. The molecule has 0 heterocycles. The van der Waals surface area contributed by atoms with Gasteiger partial charge in [0, 0.05) is 24.5 Å². The van der Waals surface area contributed by atoms with Gasteiger partial charge in [-0.2, -0.15) is 0 Å². The molecule has 0 spiro atoms. The summed E-state index contributed by atoms with van der Waals surface area (Å²) >= 11 is 5.80. The number of halogens is 1. The number of likely N-dealkylation sites (N-methyl/N-ethyl adjacent to an activating group) is 1. The van der Waals surface area contributed by atoms with Crippen molar-refractivity contribution in [2.24, 2.45) is 0 Å². The van der Waals surface area contributed by atoms with E-state index in [1.165, 1.54) is 0 Å². The number of ether oxygens (including phenoxy) is 1. The number of nitrogens with one attached hydrogen (secondary N) is 1. The van der Waals surface area contributed by atoms with E-state index in [1.807, 2.05) is 19.2 Å². The van der Waals surface area contributed by atoms with Crippen LogP contribution < -0.4 is 10.1 Å². The Labute approximate surface area is 132 Å². The number of nitrogens with zero attached hydrogens (tertiary/aromatic N) is 1. The van der Waals surface area contributed by atoms with E-state index in [2.05, 4.69) is 19.2 Å². The van der Waals surface area contributed by atoms with Crippen molar-refractivity contribution in [1.82, 2.24) is 10.2 Å². The van der Waals surface area contributed by atoms with E-state index in [0.29, 0.717) is 30.6 Å². The molecule has 0 unspecified atom stereocenters. The molecule has 0 aliphatic carbocycles. The van der Waals surface area contributed by atoms with Crippen LogP contribution in [0.15, 0.2) is 24.3 Å². The fourth-order valence-electron chi connectivity index (χ4n) is 1.78. The minimum Gasteiger partial charge on any atom is -0.492 e.